The fraction of sp³-hybridized carbons (Fsp3) is 0.407. The summed E-state index contributed by atoms with van der Waals surface area (Å²) in [6, 6.07) is 11.3. The first kappa shape index (κ1) is 22.1. The first-order valence-corrected chi connectivity index (χ1v) is 12.2. The lowest BCUT2D eigenvalue weighted by molar-refractivity contribution is -0.118. The van der Waals surface area contributed by atoms with E-state index in [0.717, 1.165) is 72.6 Å². The highest BCUT2D eigenvalue weighted by atomic mass is 19.1. The van der Waals surface area contributed by atoms with Gasteiger partial charge >= 0.3 is 0 Å². The molecule has 1 N–H and O–H groups in total. The molecule has 1 amide bonds. The minimum atomic E-state index is -0.423. The van der Waals surface area contributed by atoms with Crippen LogP contribution >= 0.6 is 0 Å². The molecule has 3 aliphatic rings. The molecule has 4 heterocycles. The Morgan fingerprint density at radius 3 is 3.03 bits per heavy atom. The number of halogens is 1. The van der Waals surface area contributed by atoms with Crippen LogP contribution in [0.25, 0.3) is 10.9 Å². The second kappa shape index (κ2) is 9.00. The van der Waals surface area contributed by atoms with Crippen LogP contribution in [0.1, 0.15) is 25.5 Å². The lowest BCUT2D eigenvalue weighted by Gasteiger charge is -2.36. The number of nitrogens with one attached hydrogen (secondary N) is 1. The Bertz CT molecular complexity index is 1300. The monoisotopic (exact) mass is 479 g/mol. The van der Waals surface area contributed by atoms with Crippen LogP contribution < -0.4 is 19.5 Å². The summed E-state index contributed by atoms with van der Waals surface area (Å²) in [4.78, 5) is 18.7. The zero-order valence-corrected chi connectivity index (χ0v) is 19.7. The van der Waals surface area contributed by atoms with Gasteiger partial charge in [-0.2, -0.15) is 0 Å². The fourth-order valence-corrected chi connectivity index (χ4v) is 5.40. The summed E-state index contributed by atoms with van der Waals surface area (Å²) in [6.07, 6.45) is 2.84. The van der Waals surface area contributed by atoms with E-state index in [9.17, 15) is 9.18 Å². The Morgan fingerprint density at radius 2 is 2.11 bits per heavy atom. The maximum absolute atomic E-state index is 14.5. The van der Waals surface area contributed by atoms with E-state index in [1.54, 1.807) is 0 Å². The Hall–Kier alpha value is -3.39. The van der Waals surface area contributed by atoms with Crippen molar-refractivity contribution in [3.8, 4) is 17.2 Å². The third-order valence-corrected chi connectivity index (χ3v) is 6.95. The number of anilines is 1. The summed E-state index contributed by atoms with van der Waals surface area (Å²) in [5, 5.41) is 3.69. The minimum Gasteiger partial charge on any atom is -0.486 e. The van der Waals surface area contributed by atoms with E-state index in [4.69, 9.17) is 14.2 Å². The van der Waals surface area contributed by atoms with Crippen LogP contribution in [0.15, 0.2) is 36.4 Å². The molecule has 0 radical (unpaired) electrons. The van der Waals surface area contributed by atoms with Gasteiger partial charge in [0.2, 0.25) is 0 Å². The van der Waals surface area contributed by atoms with E-state index in [0.29, 0.717) is 18.2 Å². The molecular weight excluding hydrogens is 449 g/mol. The van der Waals surface area contributed by atoms with Crippen molar-refractivity contribution in [1.82, 2.24) is 9.88 Å². The van der Waals surface area contributed by atoms with Crippen molar-refractivity contribution in [2.24, 2.45) is 5.92 Å². The van der Waals surface area contributed by atoms with Crippen LogP contribution in [0.2, 0.25) is 0 Å². The van der Waals surface area contributed by atoms with E-state index in [2.05, 4.69) is 15.2 Å². The summed E-state index contributed by atoms with van der Waals surface area (Å²) in [6.45, 7) is 5.02. The highest BCUT2D eigenvalue weighted by molar-refractivity contribution is 5.95. The van der Waals surface area contributed by atoms with Crippen LogP contribution in [0, 0.1) is 18.7 Å². The molecule has 3 aromatic rings. The van der Waals surface area contributed by atoms with Gasteiger partial charge in [-0.15, -0.1) is 0 Å². The molecule has 1 saturated heterocycles. The smallest absolute Gasteiger partial charge is 0.262 e. The molecule has 0 spiro atoms. The number of pyridine rings is 1. The normalized spacial score (nSPS) is 21.8. The van der Waals surface area contributed by atoms with E-state index >= 15 is 0 Å². The van der Waals surface area contributed by atoms with Crippen molar-refractivity contribution >= 4 is 22.5 Å². The van der Waals surface area contributed by atoms with Gasteiger partial charge in [0.15, 0.2) is 29.7 Å². The van der Waals surface area contributed by atoms with Crippen LogP contribution in [0.3, 0.4) is 0 Å². The average Bonchev–Trinajstić information content (AvgIpc) is 2.83. The maximum Gasteiger partial charge on any atom is 0.262 e. The predicted octanol–water partition coefficient (Wildman–Crippen LogP) is 4.35. The van der Waals surface area contributed by atoms with Crippen molar-refractivity contribution in [1.29, 1.82) is 0 Å². The number of amides is 1. The summed E-state index contributed by atoms with van der Waals surface area (Å²) in [5.41, 5.74) is 3.18. The predicted molar refractivity (Wildman–Crippen MR) is 132 cm³/mol. The van der Waals surface area contributed by atoms with Gasteiger partial charge in [0.1, 0.15) is 12.7 Å². The molecule has 1 aromatic heterocycles. The molecule has 8 heteroatoms. The zero-order valence-electron chi connectivity index (χ0n) is 19.7. The molecule has 0 bridgehead atoms. The standard InChI is InChI=1S/C27H28FN3O4.H2/c1-16-4-5-20-22(29-16)6-7-24-26(20)35-19(14-33-24)13-31-8-2-3-17(12-31)9-18-10-21(28)27-23(11-18)30-25(32)15-34-27;/h4-7,10-11,17,19H,2-3,8-9,12-15H2,1H3,(H,30,32);1H/t17?,19-;/m0./s1. The number of aromatic nitrogens is 1. The topological polar surface area (TPSA) is 72.9 Å². The molecule has 0 saturated carbocycles. The van der Waals surface area contributed by atoms with Gasteiger partial charge in [-0.3, -0.25) is 14.7 Å². The second-order valence-electron chi connectivity index (χ2n) is 9.73. The number of rotatable bonds is 4. The molecule has 35 heavy (non-hydrogen) atoms. The summed E-state index contributed by atoms with van der Waals surface area (Å²) in [5.74, 6) is 1.38. The minimum absolute atomic E-state index is 0. The molecule has 3 aliphatic heterocycles. The van der Waals surface area contributed by atoms with E-state index in [-0.39, 0.29) is 25.8 Å². The van der Waals surface area contributed by atoms with Crippen molar-refractivity contribution in [2.45, 2.75) is 32.3 Å². The van der Waals surface area contributed by atoms with Crippen LogP contribution in [0.4, 0.5) is 10.1 Å². The van der Waals surface area contributed by atoms with Gasteiger partial charge in [0, 0.05) is 25.6 Å². The molecule has 1 fully saturated rings. The third kappa shape index (κ3) is 4.50. The Kier molecular flexibility index (Phi) is 5.68. The van der Waals surface area contributed by atoms with Crippen molar-refractivity contribution in [3.63, 3.8) is 0 Å². The summed E-state index contributed by atoms with van der Waals surface area (Å²) in [7, 11) is 0. The third-order valence-electron chi connectivity index (χ3n) is 6.95. The molecule has 6 rings (SSSR count). The van der Waals surface area contributed by atoms with E-state index in [1.807, 2.05) is 37.3 Å². The number of ether oxygens (including phenoxy) is 3. The van der Waals surface area contributed by atoms with Crippen LogP contribution in [-0.4, -0.2) is 54.7 Å². The van der Waals surface area contributed by atoms with Crippen molar-refractivity contribution in [3.05, 3.63) is 53.5 Å². The Labute approximate surface area is 204 Å². The van der Waals surface area contributed by atoms with Gasteiger partial charge in [0.25, 0.3) is 5.91 Å². The summed E-state index contributed by atoms with van der Waals surface area (Å²) < 4.78 is 32.2. The number of piperidine rings is 1. The highest BCUT2D eigenvalue weighted by Gasteiger charge is 2.29. The Balaban J connectivity index is 0.00000267. The molecule has 2 atom stereocenters. The largest absolute Gasteiger partial charge is 0.486 e. The van der Waals surface area contributed by atoms with E-state index in [1.165, 1.54) is 6.07 Å². The van der Waals surface area contributed by atoms with Gasteiger partial charge < -0.3 is 19.5 Å². The van der Waals surface area contributed by atoms with Crippen molar-refractivity contribution < 1.29 is 24.8 Å². The van der Waals surface area contributed by atoms with Gasteiger partial charge in [-0.25, -0.2) is 4.39 Å². The van der Waals surface area contributed by atoms with E-state index < -0.39 is 5.82 Å². The Morgan fingerprint density at radius 1 is 1.20 bits per heavy atom. The number of benzene rings is 2. The van der Waals surface area contributed by atoms with Crippen LogP contribution in [-0.2, 0) is 11.2 Å². The maximum atomic E-state index is 14.5. The van der Waals surface area contributed by atoms with Gasteiger partial charge in [0.05, 0.1) is 11.2 Å². The molecule has 1 unspecified atom stereocenters. The number of likely N-dealkylation sites (tertiary alicyclic amines) is 1. The number of hydrogen-bond acceptors (Lipinski definition) is 6. The quantitative estimate of drug-likeness (QED) is 0.600. The number of aryl methyl sites for hydroxylation is 1. The number of carbonyl (C=O) groups is 1. The van der Waals surface area contributed by atoms with Gasteiger partial charge in [-0.05, 0) is 80.6 Å². The molecule has 184 valence electrons. The number of nitrogens with zero attached hydrogens (tertiary/aromatic N) is 2. The van der Waals surface area contributed by atoms with Gasteiger partial charge in [-0.1, -0.05) is 0 Å². The summed E-state index contributed by atoms with van der Waals surface area (Å²) >= 11 is 0. The molecule has 2 aromatic carbocycles. The first-order valence-electron chi connectivity index (χ1n) is 12.2. The number of hydrogen-bond donors (Lipinski definition) is 1. The lowest BCUT2D eigenvalue weighted by atomic mass is 9.90. The fourth-order valence-electron chi connectivity index (χ4n) is 5.40. The first-order chi connectivity index (χ1) is 17.0. The lowest BCUT2D eigenvalue weighted by Crippen LogP contribution is -2.45. The molecular formula is C27H30FN3O4. The second-order valence-corrected chi connectivity index (χ2v) is 9.73. The molecule has 7 nitrogen and oxygen atoms in total. The molecule has 0 aliphatic carbocycles. The average molecular weight is 480 g/mol. The highest BCUT2D eigenvalue weighted by Crippen LogP contribution is 2.39. The number of carbonyl (C=O) groups excluding carboxylic acids is 1. The zero-order chi connectivity index (χ0) is 23.9. The van der Waals surface area contributed by atoms with Crippen LogP contribution in [0.5, 0.6) is 17.2 Å². The van der Waals surface area contributed by atoms with Crippen molar-refractivity contribution in [2.75, 3.05) is 38.2 Å². The SMILES string of the molecule is Cc1ccc2c3c(ccc2n1)OC[C@H](CN1CCCC(Cc2cc(F)c4c(c2)NC(=O)CO4)C1)O3.[HH]. The number of fused-ring (bicyclic) bond motifs is 4.